The molecule has 41 heavy (non-hydrogen) atoms. The zero-order valence-corrected chi connectivity index (χ0v) is 25.5. The van der Waals surface area contributed by atoms with Crippen molar-refractivity contribution in [2.24, 2.45) is 5.92 Å². The number of aryl methyl sites for hydroxylation is 2. The average molecular weight is 557 g/mol. The van der Waals surface area contributed by atoms with E-state index in [1.54, 1.807) is 13.8 Å². The van der Waals surface area contributed by atoms with E-state index in [0.717, 1.165) is 34.4 Å². The number of nitrogens with zero attached hydrogens (tertiary/aromatic N) is 1. The Morgan fingerprint density at radius 1 is 0.951 bits per heavy atom. The second-order valence-corrected chi connectivity index (χ2v) is 12.9. The standard InChI is InChI=1S/C35H44N2O4/c1-23-11-8-12-24(2)30(23)33(39)37-20-10-15-29(32(38)36-27-14-9-13-26(21-27)34(3,4)5)31(37)25-16-18-28(19-17-25)41-22-35(6,7)40/h8-9,11-14,16-19,21,29,31,40H,10,15,20,22H2,1-7H3,(H,36,38). The third-order valence-corrected chi connectivity index (χ3v) is 7.73. The fourth-order valence-electron chi connectivity index (χ4n) is 5.53. The Bertz CT molecular complexity index is 1360. The Balaban J connectivity index is 1.69. The minimum atomic E-state index is -0.954. The number of carbonyl (C=O) groups excluding carboxylic acids is 2. The number of aliphatic hydroxyl groups is 1. The summed E-state index contributed by atoms with van der Waals surface area (Å²) >= 11 is 0. The van der Waals surface area contributed by atoms with Gasteiger partial charge in [-0.2, -0.15) is 0 Å². The zero-order valence-electron chi connectivity index (χ0n) is 25.5. The van der Waals surface area contributed by atoms with Crippen LogP contribution >= 0.6 is 0 Å². The van der Waals surface area contributed by atoms with E-state index in [4.69, 9.17) is 4.74 Å². The van der Waals surface area contributed by atoms with Crippen LogP contribution in [-0.4, -0.2) is 40.6 Å². The number of nitrogens with one attached hydrogen (secondary N) is 1. The molecule has 1 heterocycles. The maximum Gasteiger partial charge on any atom is 0.254 e. The van der Waals surface area contributed by atoms with Crippen molar-refractivity contribution in [3.63, 3.8) is 0 Å². The second-order valence-electron chi connectivity index (χ2n) is 12.9. The first-order chi connectivity index (χ1) is 19.2. The fourth-order valence-corrected chi connectivity index (χ4v) is 5.53. The van der Waals surface area contributed by atoms with Gasteiger partial charge in [-0.1, -0.05) is 63.2 Å². The maximum absolute atomic E-state index is 14.1. The number of hydrogen-bond acceptors (Lipinski definition) is 4. The first-order valence-electron chi connectivity index (χ1n) is 14.5. The van der Waals surface area contributed by atoms with Crippen LogP contribution in [0.4, 0.5) is 5.69 Å². The highest BCUT2D eigenvalue weighted by molar-refractivity contribution is 5.99. The Hall–Kier alpha value is -3.64. The molecule has 1 aliphatic heterocycles. The smallest absolute Gasteiger partial charge is 0.254 e. The Labute approximate surface area is 244 Å². The van der Waals surface area contributed by atoms with E-state index >= 15 is 0 Å². The fraction of sp³-hybridized carbons (Fsp3) is 0.429. The van der Waals surface area contributed by atoms with Gasteiger partial charge in [0, 0.05) is 17.8 Å². The number of likely N-dealkylation sites (tertiary alicyclic amines) is 1. The SMILES string of the molecule is Cc1cccc(C)c1C(=O)N1CCCC(C(=O)Nc2cccc(C(C)(C)C)c2)C1c1ccc(OCC(C)(C)O)cc1. The van der Waals surface area contributed by atoms with Gasteiger partial charge in [-0.3, -0.25) is 9.59 Å². The number of piperidine rings is 1. The molecular formula is C35H44N2O4. The van der Waals surface area contributed by atoms with Gasteiger partial charge in [-0.25, -0.2) is 0 Å². The quantitative estimate of drug-likeness (QED) is 0.329. The second kappa shape index (κ2) is 12.1. The minimum absolute atomic E-state index is 0.0439. The normalized spacial score (nSPS) is 17.7. The van der Waals surface area contributed by atoms with E-state index in [1.165, 1.54) is 0 Å². The summed E-state index contributed by atoms with van der Waals surface area (Å²) in [5.74, 6) is 0.0420. The molecule has 3 aromatic carbocycles. The monoisotopic (exact) mass is 556 g/mol. The summed E-state index contributed by atoms with van der Waals surface area (Å²) in [6.45, 7) is 14.5. The Kier molecular flexibility index (Phi) is 8.93. The van der Waals surface area contributed by atoms with Gasteiger partial charge in [0.05, 0.1) is 17.6 Å². The van der Waals surface area contributed by atoms with E-state index < -0.39 is 17.6 Å². The molecule has 0 spiro atoms. The lowest BCUT2D eigenvalue weighted by atomic mass is 9.83. The molecule has 3 aromatic rings. The summed E-state index contributed by atoms with van der Waals surface area (Å²) in [6.07, 6.45) is 1.41. The van der Waals surface area contributed by atoms with Crippen molar-refractivity contribution in [1.82, 2.24) is 4.90 Å². The summed E-state index contributed by atoms with van der Waals surface area (Å²) < 4.78 is 5.77. The number of carbonyl (C=O) groups is 2. The molecule has 2 atom stereocenters. The molecule has 218 valence electrons. The Morgan fingerprint density at radius 3 is 2.20 bits per heavy atom. The predicted molar refractivity (Wildman–Crippen MR) is 164 cm³/mol. The van der Waals surface area contributed by atoms with Crippen molar-refractivity contribution in [3.8, 4) is 5.75 Å². The van der Waals surface area contributed by atoms with Crippen LogP contribution in [-0.2, 0) is 10.2 Å². The first kappa shape index (κ1) is 30.3. The van der Waals surface area contributed by atoms with Crippen LogP contribution < -0.4 is 10.1 Å². The zero-order chi connectivity index (χ0) is 29.9. The van der Waals surface area contributed by atoms with Gasteiger partial charge >= 0.3 is 0 Å². The Morgan fingerprint density at radius 2 is 1.59 bits per heavy atom. The van der Waals surface area contributed by atoms with Gasteiger partial charge in [0.1, 0.15) is 12.4 Å². The molecule has 2 N–H and O–H groups in total. The van der Waals surface area contributed by atoms with E-state index in [9.17, 15) is 14.7 Å². The molecule has 0 aromatic heterocycles. The van der Waals surface area contributed by atoms with Crippen LogP contribution in [0.15, 0.2) is 66.7 Å². The topological polar surface area (TPSA) is 78.9 Å². The summed E-state index contributed by atoms with van der Waals surface area (Å²) in [5, 5.41) is 13.2. The average Bonchev–Trinajstić information content (AvgIpc) is 2.91. The van der Waals surface area contributed by atoms with Crippen molar-refractivity contribution in [2.75, 3.05) is 18.5 Å². The van der Waals surface area contributed by atoms with Crippen molar-refractivity contribution in [1.29, 1.82) is 0 Å². The van der Waals surface area contributed by atoms with Crippen LogP contribution in [0.3, 0.4) is 0 Å². The molecule has 2 amide bonds. The molecule has 0 radical (unpaired) electrons. The molecule has 2 unspecified atom stereocenters. The van der Waals surface area contributed by atoms with Gasteiger partial charge in [-0.15, -0.1) is 0 Å². The molecule has 6 heteroatoms. The number of ether oxygens (including phenoxy) is 1. The highest BCUT2D eigenvalue weighted by atomic mass is 16.5. The summed E-state index contributed by atoms with van der Waals surface area (Å²) in [4.78, 5) is 29.9. The van der Waals surface area contributed by atoms with Gasteiger partial charge in [0.15, 0.2) is 0 Å². The number of benzene rings is 3. The van der Waals surface area contributed by atoms with Crippen LogP contribution in [0, 0.1) is 19.8 Å². The number of rotatable bonds is 7. The molecule has 4 rings (SSSR count). The van der Waals surface area contributed by atoms with E-state index in [0.29, 0.717) is 24.3 Å². The lowest BCUT2D eigenvalue weighted by Crippen LogP contribution is -2.46. The molecule has 0 saturated carbocycles. The predicted octanol–water partition coefficient (Wildman–Crippen LogP) is 6.98. The first-order valence-corrected chi connectivity index (χ1v) is 14.5. The molecule has 1 fully saturated rings. The molecule has 0 aliphatic carbocycles. The summed E-state index contributed by atoms with van der Waals surface area (Å²) in [5.41, 5.74) is 4.33. The summed E-state index contributed by atoms with van der Waals surface area (Å²) in [6, 6.07) is 21.0. The highest BCUT2D eigenvalue weighted by Crippen LogP contribution is 2.39. The third kappa shape index (κ3) is 7.36. The van der Waals surface area contributed by atoms with Gasteiger partial charge in [0.25, 0.3) is 5.91 Å². The van der Waals surface area contributed by atoms with Crippen LogP contribution in [0.5, 0.6) is 5.75 Å². The lowest BCUT2D eigenvalue weighted by Gasteiger charge is -2.41. The third-order valence-electron chi connectivity index (χ3n) is 7.73. The van der Waals surface area contributed by atoms with E-state index in [2.05, 4.69) is 32.2 Å². The minimum Gasteiger partial charge on any atom is -0.491 e. The highest BCUT2D eigenvalue weighted by Gasteiger charge is 2.40. The van der Waals surface area contributed by atoms with Crippen molar-refractivity contribution in [3.05, 3.63) is 94.5 Å². The van der Waals surface area contributed by atoms with Crippen molar-refractivity contribution >= 4 is 17.5 Å². The van der Waals surface area contributed by atoms with Crippen LogP contribution in [0.1, 0.15) is 86.1 Å². The van der Waals surface area contributed by atoms with Crippen molar-refractivity contribution in [2.45, 2.75) is 78.4 Å². The van der Waals surface area contributed by atoms with E-state index in [1.807, 2.05) is 79.4 Å². The largest absolute Gasteiger partial charge is 0.491 e. The lowest BCUT2D eigenvalue weighted by molar-refractivity contribution is -0.123. The van der Waals surface area contributed by atoms with Crippen LogP contribution in [0.25, 0.3) is 0 Å². The molecule has 6 nitrogen and oxygen atoms in total. The van der Waals surface area contributed by atoms with Gasteiger partial charge in [0.2, 0.25) is 5.91 Å². The van der Waals surface area contributed by atoms with Gasteiger partial charge < -0.3 is 20.1 Å². The molecule has 0 bridgehead atoms. The summed E-state index contributed by atoms with van der Waals surface area (Å²) in [7, 11) is 0. The number of amides is 2. The van der Waals surface area contributed by atoms with Crippen molar-refractivity contribution < 1.29 is 19.4 Å². The molecule has 1 aliphatic rings. The molecular weight excluding hydrogens is 512 g/mol. The number of hydrogen-bond donors (Lipinski definition) is 2. The van der Waals surface area contributed by atoms with Gasteiger partial charge in [-0.05, 0) is 92.5 Å². The van der Waals surface area contributed by atoms with E-state index in [-0.39, 0.29) is 23.8 Å². The maximum atomic E-state index is 14.1. The molecule has 1 saturated heterocycles. The number of anilines is 1. The van der Waals surface area contributed by atoms with Crippen LogP contribution in [0.2, 0.25) is 0 Å².